The molecule has 1 fully saturated rings. The third-order valence-corrected chi connectivity index (χ3v) is 3.97. The fourth-order valence-electron chi connectivity index (χ4n) is 2.90. The maximum absolute atomic E-state index is 11.0. The standard InChI is InChI=1S/C16H24N2O3/c1-10(2)21-15-9-13(11(3)8-14(15)17)12-4-6-18(7-5-12)16(19)20/h8-10,12H,4-7,17H2,1-3H3,(H,19,20). The van der Waals surface area contributed by atoms with Gasteiger partial charge in [-0.1, -0.05) is 0 Å². The van der Waals surface area contributed by atoms with Crippen molar-refractivity contribution >= 4 is 11.8 Å². The van der Waals surface area contributed by atoms with Crippen LogP contribution in [-0.2, 0) is 0 Å². The molecule has 0 bridgehead atoms. The highest BCUT2D eigenvalue weighted by Crippen LogP contribution is 2.35. The van der Waals surface area contributed by atoms with E-state index in [-0.39, 0.29) is 6.10 Å². The summed E-state index contributed by atoms with van der Waals surface area (Å²) in [5.74, 6) is 1.10. The minimum atomic E-state index is -0.827. The lowest BCUT2D eigenvalue weighted by molar-refractivity contribution is 0.132. The molecule has 1 aromatic carbocycles. The predicted octanol–water partition coefficient (Wildman–Crippen LogP) is 3.22. The molecule has 1 aliphatic rings. The molecule has 5 nitrogen and oxygen atoms in total. The molecule has 21 heavy (non-hydrogen) atoms. The number of piperidine rings is 1. The van der Waals surface area contributed by atoms with E-state index in [1.165, 1.54) is 10.5 Å². The minimum Gasteiger partial charge on any atom is -0.489 e. The van der Waals surface area contributed by atoms with E-state index in [0.717, 1.165) is 24.2 Å². The highest BCUT2D eigenvalue weighted by Gasteiger charge is 2.25. The van der Waals surface area contributed by atoms with Crippen LogP contribution in [0.3, 0.4) is 0 Å². The van der Waals surface area contributed by atoms with E-state index in [9.17, 15) is 4.79 Å². The number of nitrogens with two attached hydrogens (primary N) is 1. The lowest BCUT2D eigenvalue weighted by atomic mass is 9.86. The fourth-order valence-corrected chi connectivity index (χ4v) is 2.90. The van der Waals surface area contributed by atoms with Gasteiger partial charge in [0.2, 0.25) is 0 Å². The van der Waals surface area contributed by atoms with E-state index in [4.69, 9.17) is 15.6 Å². The van der Waals surface area contributed by atoms with Gasteiger partial charge in [0.05, 0.1) is 11.8 Å². The fraction of sp³-hybridized carbons (Fsp3) is 0.562. The van der Waals surface area contributed by atoms with E-state index < -0.39 is 6.09 Å². The molecule has 0 atom stereocenters. The van der Waals surface area contributed by atoms with Crippen molar-refractivity contribution in [3.8, 4) is 5.75 Å². The van der Waals surface area contributed by atoms with Crippen LogP contribution in [0.5, 0.6) is 5.75 Å². The third kappa shape index (κ3) is 3.60. The number of rotatable bonds is 3. The Labute approximate surface area is 125 Å². The number of nitrogen functional groups attached to an aromatic ring is 1. The van der Waals surface area contributed by atoms with Crippen LogP contribution in [0.1, 0.15) is 43.7 Å². The van der Waals surface area contributed by atoms with Crippen LogP contribution in [0.15, 0.2) is 12.1 Å². The maximum atomic E-state index is 11.0. The van der Waals surface area contributed by atoms with Gasteiger partial charge in [-0.15, -0.1) is 0 Å². The Morgan fingerprint density at radius 1 is 1.38 bits per heavy atom. The summed E-state index contributed by atoms with van der Waals surface area (Å²) in [5, 5.41) is 9.02. The number of likely N-dealkylation sites (tertiary alicyclic amines) is 1. The summed E-state index contributed by atoms with van der Waals surface area (Å²) in [7, 11) is 0. The summed E-state index contributed by atoms with van der Waals surface area (Å²) in [6, 6.07) is 3.99. The van der Waals surface area contributed by atoms with Gasteiger partial charge in [0.1, 0.15) is 5.75 Å². The molecule has 0 spiro atoms. The van der Waals surface area contributed by atoms with Crippen LogP contribution >= 0.6 is 0 Å². The molecule has 1 aromatic rings. The summed E-state index contributed by atoms with van der Waals surface area (Å²) in [6.07, 6.45) is 0.944. The number of ether oxygens (including phenoxy) is 1. The van der Waals surface area contributed by atoms with E-state index in [1.54, 1.807) is 0 Å². The zero-order chi connectivity index (χ0) is 15.6. The van der Waals surface area contributed by atoms with Crippen molar-refractivity contribution < 1.29 is 14.6 Å². The summed E-state index contributed by atoms with van der Waals surface area (Å²) >= 11 is 0. The number of carboxylic acid groups (broad SMARTS) is 1. The van der Waals surface area contributed by atoms with Gasteiger partial charge in [0, 0.05) is 13.1 Å². The minimum absolute atomic E-state index is 0.0803. The Balaban J connectivity index is 2.18. The molecular weight excluding hydrogens is 268 g/mol. The Kier molecular flexibility index (Phi) is 4.60. The van der Waals surface area contributed by atoms with Crippen molar-refractivity contribution in [2.75, 3.05) is 18.8 Å². The Bertz CT molecular complexity index is 520. The van der Waals surface area contributed by atoms with E-state index >= 15 is 0 Å². The molecule has 3 N–H and O–H groups in total. The van der Waals surface area contributed by atoms with Crippen molar-refractivity contribution in [3.63, 3.8) is 0 Å². The van der Waals surface area contributed by atoms with Crippen molar-refractivity contribution in [2.45, 2.75) is 45.6 Å². The highest BCUT2D eigenvalue weighted by molar-refractivity contribution is 5.65. The van der Waals surface area contributed by atoms with Crippen LogP contribution in [0.25, 0.3) is 0 Å². The first-order chi connectivity index (χ1) is 9.88. The average Bonchev–Trinajstić information content (AvgIpc) is 2.41. The maximum Gasteiger partial charge on any atom is 0.407 e. The second-order valence-corrected chi connectivity index (χ2v) is 5.96. The lowest BCUT2D eigenvalue weighted by Gasteiger charge is -2.31. The van der Waals surface area contributed by atoms with Crippen molar-refractivity contribution in [1.29, 1.82) is 0 Å². The van der Waals surface area contributed by atoms with Gasteiger partial charge in [-0.25, -0.2) is 4.79 Å². The van der Waals surface area contributed by atoms with Crippen LogP contribution in [0.4, 0.5) is 10.5 Å². The topological polar surface area (TPSA) is 75.8 Å². The van der Waals surface area contributed by atoms with Crippen molar-refractivity contribution in [1.82, 2.24) is 4.90 Å². The zero-order valence-corrected chi connectivity index (χ0v) is 12.9. The van der Waals surface area contributed by atoms with E-state index in [1.807, 2.05) is 26.0 Å². The average molecular weight is 292 g/mol. The number of nitrogens with zero attached hydrogens (tertiary/aromatic N) is 1. The van der Waals surface area contributed by atoms with Gasteiger partial charge in [-0.05, 0) is 62.8 Å². The first kappa shape index (κ1) is 15.5. The van der Waals surface area contributed by atoms with Gasteiger partial charge in [-0.2, -0.15) is 0 Å². The monoisotopic (exact) mass is 292 g/mol. The normalized spacial score (nSPS) is 16.3. The molecule has 1 aliphatic heterocycles. The summed E-state index contributed by atoms with van der Waals surface area (Å²) < 4.78 is 5.76. The second-order valence-electron chi connectivity index (χ2n) is 5.96. The van der Waals surface area contributed by atoms with E-state index in [0.29, 0.717) is 24.7 Å². The SMILES string of the molecule is Cc1cc(N)c(OC(C)C)cc1C1CCN(C(=O)O)CC1. The van der Waals surface area contributed by atoms with Crippen LogP contribution in [0, 0.1) is 6.92 Å². The lowest BCUT2D eigenvalue weighted by Crippen LogP contribution is -2.36. The number of hydrogen-bond donors (Lipinski definition) is 2. The molecule has 0 aromatic heterocycles. The summed E-state index contributed by atoms with van der Waals surface area (Å²) in [6.45, 7) is 7.18. The second kappa shape index (κ2) is 6.24. The van der Waals surface area contributed by atoms with Crippen LogP contribution in [0.2, 0.25) is 0 Å². The Morgan fingerprint density at radius 2 is 2.00 bits per heavy atom. The molecule has 1 saturated heterocycles. The van der Waals surface area contributed by atoms with Crippen LogP contribution in [-0.4, -0.2) is 35.3 Å². The summed E-state index contributed by atoms with van der Waals surface area (Å²) in [4.78, 5) is 12.5. The van der Waals surface area contributed by atoms with Crippen LogP contribution < -0.4 is 10.5 Å². The number of carbonyl (C=O) groups is 1. The zero-order valence-electron chi connectivity index (χ0n) is 12.9. The molecule has 5 heteroatoms. The van der Waals surface area contributed by atoms with Gasteiger partial charge >= 0.3 is 6.09 Å². The molecule has 0 saturated carbocycles. The molecule has 1 amide bonds. The number of amides is 1. The molecular formula is C16H24N2O3. The van der Waals surface area contributed by atoms with Gasteiger partial charge in [-0.3, -0.25) is 0 Å². The first-order valence-corrected chi connectivity index (χ1v) is 7.43. The summed E-state index contributed by atoms with van der Waals surface area (Å²) in [5.41, 5.74) is 9.06. The number of hydrogen-bond acceptors (Lipinski definition) is 3. The van der Waals surface area contributed by atoms with Gasteiger partial charge in [0.15, 0.2) is 0 Å². The third-order valence-electron chi connectivity index (χ3n) is 3.97. The van der Waals surface area contributed by atoms with Crippen molar-refractivity contribution in [3.05, 3.63) is 23.3 Å². The molecule has 0 unspecified atom stereocenters. The Hall–Kier alpha value is -1.91. The first-order valence-electron chi connectivity index (χ1n) is 7.43. The van der Waals surface area contributed by atoms with Gasteiger partial charge < -0.3 is 20.5 Å². The Morgan fingerprint density at radius 3 is 2.52 bits per heavy atom. The van der Waals surface area contributed by atoms with Gasteiger partial charge in [0.25, 0.3) is 0 Å². The number of aryl methyl sites for hydroxylation is 1. The highest BCUT2D eigenvalue weighted by atomic mass is 16.5. The molecule has 116 valence electrons. The molecule has 0 aliphatic carbocycles. The number of benzene rings is 1. The van der Waals surface area contributed by atoms with Crippen molar-refractivity contribution in [2.24, 2.45) is 0 Å². The predicted molar refractivity (Wildman–Crippen MR) is 82.9 cm³/mol. The molecule has 0 radical (unpaired) electrons. The number of anilines is 1. The molecule has 1 heterocycles. The smallest absolute Gasteiger partial charge is 0.407 e. The quantitative estimate of drug-likeness (QED) is 0.839. The largest absolute Gasteiger partial charge is 0.489 e. The molecule has 2 rings (SSSR count). The van der Waals surface area contributed by atoms with E-state index in [2.05, 4.69) is 6.92 Å².